The molecule has 1 amide bonds. The van der Waals surface area contributed by atoms with E-state index in [0.29, 0.717) is 17.6 Å². The molecule has 0 spiro atoms. The molecule has 0 aliphatic heterocycles. The summed E-state index contributed by atoms with van der Waals surface area (Å²) in [4.78, 5) is 28.2. The van der Waals surface area contributed by atoms with Crippen molar-refractivity contribution in [3.63, 3.8) is 0 Å². The van der Waals surface area contributed by atoms with Crippen LogP contribution in [0.15, 0.2) is 72.5 Å². The van der Waals surface area contributed by atoms with Crippen LogP contribution in [0.25, 0.3) is 11.0 Å². The molecule has 0 radical (unpaired) electrons. The Morgan fingerprint density at radius 3 is 2.52 bits per heavy atom. The minimum atomic E-state index is -0.0832. The molecule has 2 aromatic heterocycles. The van der Waals surface area contributed by atoms with E-state index in [1.165, 1.54) is 0 Å². The molecule has 4 rings (SSSR count). The highest BCUT2D eigenvalue weighted by atomic mass is 32.1. The summed E-state index contributed by atoms with van der Waals surface area (Å²) in [6.07, 6.45) is 5.05. The smallest absolute Gasteiger partial charge is 0.254 e. The minimum absolute atomic E-state index is 0.0471. The van der Waals surface area contributed by atoms with Crippen molar-refractivity contribution in [1.82, 2.24) is 19.9 Å². The van der Waals surface area contributed by atoms with Gasteiger partial charge in [0.05, 0.1) is 23.6 Å². The highest BCUT2D eigenvalue weighted by Crippen LogP contribution is 2.26. The van der Waals surface area contributed by atoms with Gasteiger partial charge in [0, 0.05) is 29.5 Å². The van der Waals surface area contributed by atoms with Crippen LogP contribution in [0.1, 0.15) is 33.9 Å². The van der Waals surface area contributed by atoms with Crippen LogP contribution in [0.4, 0.5) is 0 Å². The van der Waals surface area contributed by atoms with Crippen LogP contribution in [-0.2, 0) is 6.54 Å². The number of fused-ring (bicyclic) bond motifs is 1. The molecular weight excluding hydrogens is 356 g/mol. The number of aromatic nitrogens is 3. The third-order valence-electron chi connectivity index (χ3n) is 4.52. The van der Waals surface area contributed by atoms with Gasteiger partial charge in [-0.15, -0.1) is 11.3 Å². The van der Waals surface area contributed by atoms with Crippen molar-refractivity contribution in [2.75, 3.05) is 0 Å². The number of benzene rings is 2. The fraction of sp³-hybridized carbons (Fsp3) is 0.143. The standard InChI is InChI=1S/C21H18N4OS/c1-15(16-5-3-2-4-6-16)25(14-20-24-11-12-27-20)21(26)17-7-8-18-19(13-17)23-10-9-22-18/h2-13,15H,14H2,1H3/t15-/m1/s1. The van der Waals surface area contributed by atoms with Crippen LogP contribution in [0, 0.1) is 0 Å². The topological polar surface area (TPSA) is 59.0 Å². The summed E-state index contributed by atoms with van der Waals surface area (Å²) in [7, 11) is 0. The first-order chi connectivity index (χ1) is 13.2. The van der Waals surface area contributed by atoms with E-state index in [1.54, 1.807) is 36.0 Å². The molecule has 5 nitrogen and oxygen atoms in total. The summed E-state index contributed by atoms with van der Waals surface area (Å²) < 4.78 is 0. The second-order valence-corrected chi connectivity index (χ2v) is 7.18. The molecule has 0 saturated heterocycles. The Bertz CT molecular complexity index is 1050. The van der Waals surface area contributed by atoms with Crippen molar-refractivity contribution in [2.24, 2.45) is 0 Å². The second-order valence-electron chi connectivity index (χ2n) is 6.21. The van der Waals surface area contributed by atoms with Gasteiger partial charge in [-0.2, -0.15) is 0 Å². The summed E-state index contributed by atoms with van der Waals surface area (Å²) in [5.74, 6) is -0.0471. The lowest BCUT2D eigenvalue weighted by Crippen LogP contribution is -2.33. The molecule has 6 heteroatoms. The molecule has 0 bridgehead atoms. The minimum Gasteiger partial charge on any atom is -0.325 e. The molecular formula is C21H18N4OS. The highest BCUT2D eigenvalue weighted by Gasteiger charge is 2.24. The third kappa shape index (κ3) is 3.71. The van der Waals surface area contributed by atoms with Gasteiger partial charge in [-0.1, -0.05) is 30.3 Å². The van der Waals surface area contributed by atoms with E-state index in [1.807, 2.05) is 59.7 Å². The van der Waals surface area contributed by atoms with E-state index in [9.17, 15) is 4.79 Å². The molecule has 2 heterocycles. The van der Waals surface area contributed by atoms with E-state index in [4.69, 9.17) is 0 Å². The molecule has 2 aromatic carbocycles. The van der Waals surface area contributed by atoms with Gasteiger partial charge in [0.15, 0.2) is 0 Å². The van der Waals surface area contributed by atoms with Gasteiger partial charge >= 0.3 is 0 Å². The Balaban J connectivity index is 1.70. The van der Waals surface area contributed by atoms with Crippen LogP contribution in [-0.4, -0.2) is 25.8 Å². The van der Waals surface area contributed by atoms with Crippen molar-refractivity contribution < 1.29 is 4.79 Å². The zero-order valence-electron chi connectivity index (χ0n) is 14.8. The SMILES string of the molecule is C[C@H](c1ccccc1)N(Cc1nccs1)C(=O)c1ccc2nccnc2c1. The number of hydrogen-bond donors (Lipinski definition) is 0. The van der Waals surface area contributed by atoms with Crippen LogP contribution in [0.5, 0.6) is 0 Å². The number of amides is 1. The summed E-state index contributed by atoms with van der Waals surface area (Å²) >= 11 is 1.55. The van der Waals surface area contributed by atoms with E-state index in [2.05, 4.69) is 15.0 Å². The molecule has 1 atom stereocenters. The largest absolute Gasteiger partial charge is 0.325 e. The van der Waals surface area contributed by atoms with Crippen molar-refractivity contribution >= 4 is 28.3 Å². The van der Waals surface area contributed by atoms with Crippen molar-refractivity contribution in [3.8, 4) is 0 Å². The van der Waals surface area contributed by atoms with Gasteiger partial charge < -0.3 is 4.90 Å². The number of carbonyl (C=O) groups is 1. The van der Waals surface area contributed by atoms with E-state index in [-0.39, 0.29) is 11.9 Å². The van der Waals surface area contributed by atoms with Crippen molar-refractivity contribution in [2.45, 2.75) is 19.5 Å². The molecule has 0 N–H and O–H groups in total. The van der Waals surface area contributed by atoms with Crippen LogP contribution >= 0.6 is 11.3 Å². The molecule has 0 saturated carbocycles. The van der Waals surface area contributed by atoms with E-state index < -0.39 is 0 Å². The Morgan fingerprint density at radius 1 is 1.00 bits per heavy atom. The van der Waals surface area contributed by atoms with Crippen LogP contribution in [0.3, 0.4) is 0 Å². The lowest BCUT2D eigenvalue weighted by molar-refractivity contribution is 0.0674. The number of rotatable bonds is 5. The van der Waals surface area contributed by atoms with E-state index in [0.717, 1.165) is 16.1 Å². The summed E-state index contributed by atoms with van der Waals surface area (Å²) in [6.45, 7) is 2.51. The summed E-state index contributed by atoms with van der Waals surface area (Å²) in [5.41, 5.74) is 3.17. The average molecular weight is 374 g/mol. The maximum Gasteiger partial charge on any atom is 0.254 e. The van der Waals surface area contributed by atoms with Gasteiger partial charge in [-0.25, -0.2) is 4.98 Å². The molecule has 0 aliphatic rings. The van der Waals surface area contributed by atoms with Gasteiger partial charge in [-0.05, 0) is 30.7 Å². The monoisotopic (exact) mass is 374 g/mol. The number of nitrogens with zero attached hydrogens (tertiary/aromatic N) is 4. The van der Waals surface area contributed by atoms with Crippen molar-refractivity contribution in [1.29, 1.82) is 0 Å². The van der Waals surface area contributed by atoms with E-state index >= 15 is 0 Å². The lowest BCUT2D eigenvalue weighted by atomic mass is 10.1. The predicted molar refractivity (Wildman–Crippen MR) is 106 cm³/mol. The fourth-order valence-electron chi connectivity index (χ4n) is 3.04. The maximum atomic E-state index is 13.4. The first-order valence-corrected chi connectivity index (χ1v) is 9.55. The quantitative estimate of drug-likeness (QED) is 0.516. The maximum absolute atomic E-state index is 13.4. The number of carbonyl (C=O) groups excluding carboxylic acids is 1. The van der Waals surface area contributed by atoms with Crippen molar-refractivity contribution in [3.05, 3.63) is 88.6 Å². The van der Waals surface area contributed by atoms with Crippen LogP contribution in [0.2, 0.25) is 0 Å². The lowest BCUT2D eigenvalue weighted by Gasteiger charge is -2.29. The molecule has 134 valence electrons. The highest BCUT2D eigenvalue weighted by molar-refractivity contribution is 7.09. The second kappa shape index (κ2) is 7.63. The van der Waals surface area contributed by atoms with Gasteiger partial charge in [0.2, 0.25) is 0 Å². The Hall–Kier alpha value is -3.12. The fourth-order valence-corrected chi connectivity index (χ4v) is 3.65. The first kappa shape index (κ1) is 17.3. The molecule has 0 aliphatic carbocycles. The molecule has 0 fully saturated rings. The molecule has 27 heavy (non-hydrogen) atoms. The zero-order valence-corrected chi connectivity index (χ0v) is 15.6. The summed E-state index contributed by atoms with van der Waals surface area (Å²) in [5, 5.41) is 2.84. The zero-order chi connectivity index (χ0) is 18.6. The number of hydrogen-bond acceptors (Lipinski definition) is 5. The molecule has 0 unspecified atom stereocenters. The third-order valence-corrected chi connectivity index (χ3v) is 5.28. The Labute approximate surface area is 161 Å². The predicted octanol–water partition coefficient (Wildman–Crippen LogP) is 4.49. The summed E-state index contributed by atoms with van der Waals surface area (Å²) in [6, 6.07) is 15.4. The van der Waals surface area contributed by atoms with Crippen LogP contribution < -0.4 is 0 Å². The van der Waals surface area contributed by atoms with Gasteiger partial charge in [0.25, 0.3) is 5.91 Å². The van der Waals surface area contributed by atoms with Gasteiger partial charge in [0.1, 0.15) is 5.01 Å². The normalized spacial score (nSPS) is 12.0. The number of thiazole rings is 1. The Morgan fingerprint density at radius 2 is 1.78 bits per heavy atom. The van der Waals surface area contributed by atoms with Gasteiger partial charge in [-0.3, -0.25) is 14.8 Å². The average Bonchev–Trinajstić information content (AvgIpc) is 3.24. The molecule has 4 aromatic rings. The Kier molecular flexibility index (Phi) is 4.89. The first-order valence-electron chi connectivity index (χ1n) is 8.67.